The third kappa shape index (κ3) is 3.66. The molecule has 1 amide bonds. The molecule has 0 unspecified atom stereocenters. The molecule has 3 rings (SSSR count). The summed E-state index contributed by atoms with van der Waals surface area (Å²) in [4.78, 5) is 16.3. The van der Waals surface area contributed by atoms with Crippen molar-refractivity contribution in [3.8, 4) is 5.75 Å². The number of fused-ring (bicyclic) bond motifs is 1. The summed E-state index contributed by atoms with van der Waals surface area (Å²) in [6, 6.07) is 17.5. The lowest BCUT2D eigenvalue weighted by atomic mass is 10.1. The van der Waals surface area contributed by atoms with E-state index in [1.54, 1.807) is 24.5 Å². The Morgan fingerprint density at radius 2 is 1.96 bits per heavy atom. The van der Waals surface area contributed by atoms with Crippen molar-refractivity contribution in [2.45, 2.75) is 19.4 Å². The maximum atomic E-state index is 12.3. The summed E-state index contributed by atoms with van der Waals surface area (Å²) >= 11 is 0. The summed E-state index contributed by atoms with van der Waals surface area (Å²) in [6.45, 7) is 1.93. The summed E-state index contributed by atoms with van der Waals surface area (Å²) in [7, 11) is 0. The number of hydrogen-bond donors (Lipinski definition) is 1. The predicted octanol–water partition coefficient (Wildman–Crippen LogP) is 4.03. The molecule has 1 aromatic heterocycles. The van der Waals surface area contributed by atoms with E-state index in [2.05, 4.69) is 10.3 Å². The minimum absolute atomic E-state index is 0.173. The van der Waals surface area contributed by atoms with Crippen LogP contribution in [0.1, 0.15) is 13.3 Å². The van der Waals surface area contributed by atoms with Crippen LogP contribution >= 0.6 is 0 Å². The number of anilines is 1. The number of amides is 1. The maximum absolute atomic E-state index is 12.3. The fourth-order valence-corrected chi connectivity index (χ4v) is 2.39. The van der Waals surface area contributed by atoms with Gasteiger partial charge in [0.15, 0.2) is 6.10 Å². The zero-order chi connectivity index (χ0) is 16.1. The Morgan fingerprint density at radius 1 is 1.13 bits per heavy atom. The van der Waals surface area contributed by atoms with Crippen LogP contribution < -0.4 is 10.1 Å². The van der Waals surface area contributed by atoms with Crippen LogP contribution in [0.25, 0.3) is 10.8 Å². The number of carbonyl (C=O) groups excluding carboxylic acids is 1. The topological polar surface area (TPSA) is 51.2 Å². The van der Waals surface area contributed by atoms with Gasteiger partial charge in [-0.15, -0.1) is 0 Å². The first-order valence-corrected chi connectivity index (χ1v) is 7.62. The molecule has 4 nitrogen and oxygen atoms in total. The number of carbonyl (C=O) groups is 1. The summed E-state index contributed by atoms with van der Waals surface area (Å²) in [5.74, 6) is 0.519. The number of nitrogens with zero attached hydrogens (tertiary/aromatic N) is 1. The van der Waals surface area contributed by atoms with Gasteiger partial charge in [0, 0.05) is 6.20 Å². The van der Waals surface area contributed by atoms with Crippen molar-refractivity contribution in [2.24, 2.45) is 0 Å². The van der Waals surface area contributed by atoms with Gasteiger partial charge in [-0.25, -0.2) is 0 Å². The van der Waals surface area contributed by atoms with Crippen molar-refractivity contribution in [1.82, 2.24) is 4.98 Å². The number of aromatic nitrogens is 1. The van der Waals surface area contributed by atoms with Gasteiger partial charge >= 0.3 is 0 Å². The van der Waals surface area contributed by atoms with E-state index >= 15 is 0 Å². The fraction of sp³-hybridized carbons (Fsp3) is 0.158. The minimum atomic E-state index is -0.545. The van der Waals surface area contributed by atoms with Gasteiger partial charge in [0.25, 0.3) is 5.91 Å². The van der Waals surface area contributed by atoms with E-state index in [0.717, 1.165) is 10.8 Å². The monoisotopic (exact) mass is 306 g/mol. The molecule has 0 fully saturated rings. The number of rotatable bonds is 5. The van der Waals surface area contributed by atoms with Gasteiger partial charge in [-0.05, 0) is 41.5 Å². The van der Waals surface area contributed by atoms with E-state index in [-0.39, 0.29) is 5.91 Å². The summed E-state index contributed by atoms with van der Waals surface area (Å²) < 4.78 is 5.87. The first kappa shape index (κ1) is 15.0. The van der Waals surface area contributed by atoms with Gasteiger partial charge in [0.1, 0.15) is 5.75 Å². The van der Waals surface area contributed by atoms with Crippen LogP contribution in [0.4, 0.5) is 5.69 Å². The number of benzene rings is 2. The quantitative estimate of drug-likeness (QED) is 0.774. The molecular formula is C19H18N2O2. The zero-order valence-corrected chi connectivity index (χ0v) is 12.9. The molecule has 0 spiro atoms. The Labute approximate surface area is 135 Å². The van der Waals surface area contributed by atoms with Crippen molar-refractivity contribution in [3.05, 3.63) is 67.0 Å². The Kier molecular flexibility index (Phi) is 4.52. The van der Waals surface area contributed by atoms with Gasteiger partial charge in [-0.2, -0.15) is 0 Å². The Balaban J connectivity index is 1.73. The standard InChI is InChI=1S/C19H18N2O2/c1-2-18(19(22)21-16-8-5-11-20-13-16)23-17-10-9-14-6-3-4-7-15(14)12-17/h3-13,18H,2H2,1H3,(H,21,22)/t18-/m1/s1. The van der Waals surface area contributed by atoms with Crippen LogP contribution in [0.3, 0.4) is 0 Å². The molecule has 0 saturated carbocycles. The SMILES string of the molecule is CC[C@@H](Oc1ccc2ccccc2c1)C(=O)Nc1cccnc1. The molecule has 0 aliphatic heterocycles. The summed E-state index contributed by atoms with van der Waals surface area (Å²) in [5.41, 5.74) is 0.665. The summed E-state index contributed by atoms with van der Waals surface area (Å²) in [6.07, 6.45) is 3.31. The lowest BCUT2D eigenvalue weighted by molar-refractivity contribution is -0.122. The van der Waals surface area contributed by atoms with Crippen molar-refractivity contribution < 1.29 is 9.53 Å². The molecule has 1 heterocycles. The molecule has 4 heteroatoms. The average molecular weight is 306 g/mol. The number of pyridine rings is 1. The second-order valence-electron chi connectivity index (χ2n) is 5.25. The third-order valence-electron chi connectivity index (χ3n) is 3.59. The predicted molar refractivity (Wildman–Crippen MR) is 91.5 cm³/mol. The van der Waals surface area contributed by atoms with Crippen LogP contribution in [0.2, 0.25) is 0 Å². The lowest BCUT2D eigenvalue weighted by Crippen LogP contribution is -2.32. The van der Waals surface area contributed by atoms with Gasteiger partial charge in [-0.1, -0.05) is 37.3 Å². The van der Waals surface area contributed by atoms with Gasteiger partial charge in [0.05, 0.1) is 11.9 Å². The maximum Gasteiger partial charge on any atom is 0.265 e. The van der Waals surface area contributed by atoms with Gasteiger partial charge in [-0.3, -0.25) is 9.78 Å². The molecule has 0 aliphatic rings. The highest BCUT2D eigenvalue weighted by Gasteiger charge is 2.18. The highest BCUT2D eigenvalue weighted by molar-refractivity contribution is 5.94. The van der Waals surface area contributed by atoms with E-state index in [4.69, 9.17) is 4.74 Å². The molecule has 0 aliphatic carbocycles. The van der Waals surface area contributed by atoms with Crippen LogP contribution in [0.5, 0.6) is 5.75 Å². The third-order valence-corrected chi connectivity index (χ3v) is 3.59. The molecule has 0 radical (unpaired) electrons. The van der Waals surface area contributed by atoms with Crippen LogP contribution in [0, 0.1) is 0 Å². The molecule has 116 valence electrons. The lowest BCUT2D eigenvalue weighted by Gasteiger charge is -2.17. The largest absolute Gasteiger partial charge is 0.481 e. The van der Waals surface area contributed by atoms with Crippen molar-refractivity contribution >= 4 is 22.4 Å². The highest BCUT2D eigenvalue weighted by Crippen LogP contribution is 2.22. The Bertz CT molecular complexity index is 803. The molecule has 0 bridgehead atoms. The van der Waals surface area contributed by atoms with Crippen LogP contribution in [-0.4, -0.2) is 17.0 Å². The minimum Gasteiger partial charge on any atom is -0.481 e. The van der Waals surface area contributed by atoms with Crippen LogP contribution in [0.15, 0.2) is 67.0 Å². The average Bonchev–Trinajstić information content (AvgIpc) is 2.60. The van der Waals surface area contributed by atoms with Crippen LogP contribution in [-0.2, 0) is 4.79 Å². The molecule has 3 aromatic rings. The first-order chi connectivity index (χ1) is 11.3. The van der Waals surface area contributed by atoms with Crippen molar-refractivity contribution in [1.29, 1.82) is 0 Å². The van der Waals surface area contributed by atoms with Crippen molar-refractivity contribution in [2.75, 3.05) is 5.32 Å². The first-order valence-electron chi connectivity index (χ1n) is 7.62. The normalized spacial score (nSPS) is 11.9. The second kappa shape index (κ2) is 6.92. The molecule has 1 N–H and O–H groups in total. The number of hydrogen-bond acceptors (Lipinski definition) is 3. The van der Waals surface area contributed by atoms with E-state index in [9.17, 15) is 4.79 Å². The molecule has 2 aromatic carbocycles. The van der Waals surface area contributed by atoms with Gasteiger partial charge in [0.2, 0.25) is 0 Å². The number of nitrogens with one attached hydrogen (secondary N) is 1. The van der Waals surface area contributed by atoms with E-state index in [1.165, 1.54) is 0 Å². The number of ether oxygens (including phenoxy) is 1. The van der Waals surface area contributed by atoms with E-state index < -0.39 is 6.10 Å². The Morgan fingerprint density at radius 3 is 2.70 bits per heavy atom. The molecule has 23 heavy (non-hydrogen) atoms. The van der Waals surface area contributed by atoms with E-state index in [1.807, 2.05) is 49.4 Å². The fourth-order valence-electron chi connectivity index (χ4n) is 2.39. The Hall–Kier alpha value is -2.88. The second-order valence-corrected chi connectivity index (χ2v) is 5.25. The smallest absolute Gasteiger partial charge is 0.265 e. The highest BCUT2D eigenvalue weighted by atomic mass is 16.5. The van der Waals surface area contributed by atoms with Gasteiger partial charge < -0.3 is 10.1 Å². The molecular weight excluding hydrogens is 288 g/mol. The van der Waals surface area contributed by atoms with E-state index in [0.29, 0.717) is 17.9 Å². The molecule has 1 atom stereocenters. The molecule has 0 saturated heterocycles. The summed E-state index contributed by atoms with van der Waals surface area (Å²) in [5, 5.41) is 5.06. The van der Waals surface area contributed by atoms with Crippen molar-refractivity contribution in [3.63, 3.8) is 0 Å². The zero-order valence-electron chi connectivity index (χ0n) is 12.9.